The molecule has 1 amide bonds. The van der Waals surface area contributed by atoms with Crippen molar-refractivity contribution in [2.45, 2.75) is 24.2 Å². The van der Waals surface area contributed by atoms with Gasteiger partial charge in [-0.3, -0.25) is 9.78 Å². The number of anilines is 2. The first-order valence-corrected chi connectivity index (χ1v) is 12.6. The highest BCUT2D eigenvalue weighted by atomic mass is 32.2. The van der Waals surface area contributed by atoms with E-state index in [-0.39, 0.29) is 10.8 Å². The third kappa shape index (κ3) is 5.37. The van der Waals surface area contributed by atoms with Crippen molar-refractivity contribution < 1.29 is 17.9 Å². The second kappa shape index (κ2) is 10.2. The lowest BCUT2D eigenvalue weighted by Crippen LogP contribution is -2.35. The summed E-state index contributed by atoms with van der Waals surface area (Å²) in [6.45, 7) is 1.04. The van der Waals surface area contributed by atoms with Crippen molar-refractivity contribution in [3.63, 3.8) is 0 Å². The zero-order valence-corrected chi connectivity index (χ0v) is 20.1. The fourth-order valence-corrected chi connectivity index (χ4v) is 5.38. The number of aromatic nitrogens is 1. The Balaban J connectivity index is 1.54. The minimum atomic E-state index is -3.62. The molecular formula is C25H28N4O4S. The molecule has 1 N–H and O–H groups in total. The Bertz CT molecular complexity index is 1240. The molecule has 1 fully saturated rings. The number of hydrogen-bond donors (Lipinski definition) is 1. The molecule has 2 aromatic carbocycles. The second-order valence-electron chi connectivity index (χ2n) is 8.31. The zero-order chi connectivity index (χ0) is 24.1. The number of nitrogens with one attached hydrogen (secondary N) is 1. The van der Waals surface area contributed by atoms with Crippen LogP contribution >= 0.6 is 0 Å². The van der Waals surface area contributed by atoms with E-state index in [1.165, 1.54) is 10.4 Å². The predicted octanol–water partition coefficient (Wildman–Crippen LogP) is 4.37. The summed E-state index contributed by atoms with van der Waals surface area (Å²) in [6, 6.07) is 15.1. The molecule has 34 heavy (non-hydrogen) atoms. The predicted molar refractivity (Wildman–Crippen MR) is 132 cm³/mol. The molecule has 1 saturated heterocycles. The number of carbonyl (C=O) groups is 1. The molecule has 1 aliphatic heterocycles. The number of ether oxygens (including phenoxy) is 1. The summed E-state index contributed by atoms with van der Waals surface area (Å²) < 4.78 is 33.5. The molecule has 1 aliphatic rings. The molecule has 0 bridgehead atoms. The van der Waals surface area contributed by atoms with E-state index in [0.717, 1.165) is 19.3 Å². The molecule has 1 aromatic heterocycles. The Kier molecular flexibility index (Phi) is 7.14. The third-order valence-electron chi connectivity index (χ3n) is 5.64. The molecule has 0 radical (unpaired) electrons. The van der Waals surface area contributed by atoms with Gasteiger partial charge in [-0.1, -0.05) is 6.42 Å². The normalized spacial score (nSPS) is 14.4. The molecule has 3 aromatic rings. The van der Waals surface area contributed by atoms with E-state index in [2.05, 4.69) is 10.3 Å². The second-order valence-corrected chi connectivity index (χ2v) is 10.2. The van der Waals surface area contributed by atoms with E-state index in [9.17, 15) is 13.2 Å². The first kappa shape index (κ1) is 23.7. The Hall–Kier alpha value is -3.43. The molecule has 0 spiro atoms. The summed E-state index contributed by atoms with van der Waals surface area (Å²) in [5.74, 6) is 0.832. The molecule has 0 saturated carbocycles. The highest BCUT2D eigenvalue weighted by Crippen LogP contribution is 2.30. The summed E-state index contributed by atoms with van der Waals surface area (Å²) in [5.41, 5.74) is 1.57. The monoisotopic (exact) mass is 480 g/mol. The largest absolute Gasteiger partial charge is 0.456 e. The molecular weight excluding hydrogens is 452 g/mol. The van der Waals surface area contributed by atoms with E-state index in [0.29, 0.717) is 41.5 Å². The van der Waals surface area contributed by atoms with Gasteiger partial charge in [-0.05, 0) is 67.4 Å². The van der Waals surface area contributed by atoms with Crippen LogP contribution in [0.5, 0.6) is 11.5 Å². The van der Waals surface area contributed by atoms with Gasteiger partial charge < -0.3 is 15.0 Å². The van der Waals surface area contributed by atoms with Gasteiger partial charge in [-0.25, -0.2) is 8.42 Å². The number of pyridine rings is 1. The fraction of sp³-hybridized carbons (Fsp3) is 0.280. The molecule has 178 valence electrons. The first-order chi connectivity index (χ1) is 16.3. The van der Waals surface area contributed by atoms with Gasteiger partial charge in [0.05, 0.1) is 22.5 Å². The van der Waals surface area contributed by atoms with E-state index in [1.54, 1.807) is 60.9 Å². The van der Waals surface area contributed by atoms with Crippen LogP contribution in [-0.4, -0.2) is 50.8 Å². The van der Waals surface area contributed by atoms with Gasteiger partial charge >= 0.3 is 0 Å². The highest BCUT2D eigenvalue weighted by Gasteiger charge is 2.27. The summed E-state index contributed by atoms with van der Waals surface area (Å²) in [5, 5.41) is 2.88. The minimum Gasteiger partial charge on any atom is -0.456 e. The lowest BCUT2D eigenvalue weighted by Gasteiger charge is -2.26. The van der Waals surface area contributed by atoms with Crippen LogP contribution in [0.1, 0.15) is 29.6 Å². The van der Waals surface area contributed by atoms with Crippen LogP contribution in [-0.2, 0) is 10.0 Å². The molecule has 4 rings (SSSR count). The van der Waals surface area contributed by atoms with Crippen molar-refractivity contribution in [3.8, 4) is 11.5 Å². The maximum atomic E-state index is 13.1. The number of nitrogens with zero attached hydrogens (tertiary/aromatic N) is 3. The smallest absolute Gasteiger partial charge is 0.255 e. The average molecular weight is 481 g/mol. The number of amides is 1. The van der Waals surface area contributed by atoms with E-state index >= 15 is 0 Å². The summed E-state index contributed by atoms with van der Waals surface area (Å²) in [4.78, 5) is 19.0. The number of piperidine rings is 1. The Morgan fingerprint density at radius 3 is 2.38 bits per heavy atom. The maximum Gasteiger partial charge on any atom is 0.255 e. The lowest BCUT2D eigenvalue weighted by atomic mass is 10.2. The Labute approximate surface area is 200 Å². The van der Waals surface area contributed by atoms with Crippen molar-refractivity contribution >= 4 is 27.3 Å². The van der Waals surface area contributed by atoms with Crippen molar-refractivity contribution in [1.82, 2.24) is 9.29 Å². The number of carbonyl (C=O) groups excluding carboxylic acids is 1. The highest BCUT2D eigenvalue weighted by molar-refractivity contribution is 7.89. The molecule has 0 aliphatic carbocycles. The standard InChI is InChI=1S/C25H28N4O4S/c1-28(2)24-13-12-22(34(31,32)29-15-4-3-5-16-29)17-23(24)27-25(30)19-8-10-20(11-9-19)33-21-7-6-14-26-18-21/h6-14,17-18H,3-5,15-16H2,1-2H3,(H,27,30). The van der Waals surface area contributed by atoms with Gasteiger partial charge in [-0.15, -0.1) is 0 Å². The number of benzene rings is 2. The van der Waals surface area contributed by atoms with Crippen LogP contribution in [0.15, 0.2) is 71.9 Å². The van der Waals surface area contributed by atoms with Gasteiger partial charge in [0.25, 0.3) is 5.91 Å². The number of rotatable bonds is 7. The van der Waals surface area contributed by atoms with E-state index in [4.69, 9.17) is 4.74 Å². The van der Waals surface area contributed by atoms with Gasteiger partial charge in [0.15, 0.2) is 0 Å². The topological polar surface area (TPSA) is 91.8 Å². The van der Waals surface area contributed by atoms with Crippen molar-refractivity contribution in [3.05, 3.63) is 72.6 Å². The van der Waals surface area contributed by atoms with E-state index in [1.807, 2.05) is 19.0 Å². The summed E-state index contributed by atoms with van der Waals surface area (Å²) in [7, 11) is 0.0624. The van der Waals surface area contributed by atoms with Crippen molar-refractivity contribution in [2.75, 3.05) is 37.4 Å². The quantitative estimate of drug-likeness (QED) is 0.540. The van der Waals surface area contributed by atoms with Gasteiger partial charge in [0, 0.05) is 38.9 Å². The minimum absolute atomic E-state index is 0.176. The third-order valence-corrected chi connectivity index (χ3v) is 7.53. The van der Waals surface area contributed by atoms with E-state index < -0.39 is 10.0 Å². The van der Waals surface area contributed by atoms with Gasteiger partial charge in [-0.2, -0.15) is 4.31 Å². The van der Waals surface area contributed by atoms with Crippen LogP contribution in [0.2, 0.25) is 0 Å². The Morgan fingerprint density at radius 1 is 1.00 bits per heavy atom. The van der Waals surface area contributed by atoms with Gasteiger partial charge in [0.2, 0.25) is 10.0 Å². The molecule has 0 unspecified atom stereocenters. The van der Waals surface area contributed by atoms with Crippen LogP contribution in [0.25, 0.3) is 0 Å². The van der Waals surface area contributed by atoms with Gasteiger partial charge in [0.1, 0.15) is 11.5 Å². The van der Waals surface area contributed by atoms with Crippen LogP contribution in [0.3, 0.4) is 0 Å². The molecule has 0 atom stereocenters. The number of sulfonamides is 1. The van der Waals surface area contributed by atoms with Crippen LogP contribution in [0, 0.1) is 0 Å². The summed E-state index contributed by atoms with van der Waals surface area (Å²) >= 11 is 0. The molecule has 8 nitrogen and oxygen atoms in total. The SMILES string of the molecule is CN(C)c1ccc(S(=O)(=O)N2CCCCC2)cc1NC(=O)c1ccc(Oc2cccnc2)cc1. The molecule has 2 heterocycles. The zero-order valence-electron chi connectivity index (χ0n) is 19.3. The molecule has 9 heteroatoms. The number of hydrogen-bond acceptors (Lipinski definition) is 6. The average Bonchev–Trinajstić information content (AvgIpc) is 2.85. The lowest BCUT2D eigenvalue weighted by molar-refractivity contribution is 0.102. The Morgan fingerprint density at radius 2 is 1.74 bits per heavy atom. The fourth-order valence-electron chi connectivity index (χ4n) is 3.83. The van der Waals surface area contributed by atoms with Crippen LogP contribution in [0.4, 0.5) is 11.4 Å². The first-order valence-electron chi connectivity index (χ1n) is 11.2. The maximum absolute atomic E-state index is 13.1. The van der Waals surface area contributed by atoms with Crippen LogP contribution < -0.4 is 15.0 Å². The van der Waals surface area contributed by atoms with Crippen molar-refractivity contribution in [2.24, 2.45) is 0 Å². The van der Waals surface area contributed by atoms with Crippen molar-refractivity contribution in [1.29, 1.82) is 0 Å². The summed E-state index contributed by atoms with van der Waals surface area (Å²) in [6.07, 6.45) is 6.03.